The molecule has 0 spiro atoms. The largest absolute Gasteiger partial charge is 0.329 e. The molecule has 0 aliphatic carbocycles. The number of carbonyl (C=O) groups excluding carboxylic acids is 2. The van der Waals surface area contributed by atoms with E-state index < -0.39 is 35.4 Å². The Labute approximate surface area is 158 Å². The molecule has 1 aromatic carbocycles. The first-order valence-electron chi connectivity index (χ1n) is 8.46. The number of amides is 3. The third-order valence-electron chi connectivity index (χ3n) is 4.88. The molecular formula is C19H15F3N4O2. The number of urea groups is 1. The maximum atomic E-state index is 14.3. The molecule has 144 valence electrons. The Morgan fingerprint density at radius 2 is 1.93 bits per heavy atom. The summed E-state index contributed by atoms with van der Waals surface area (Å²) < 4.78 is 41.4. The normalized spacial score (nSPS) is 19.2. The van der Waals surface area contributed by atoms with Gasteiger partial charge in [-0.2, -0.15) is 0 Å². The average molecular weight is 388 g/mol. The number of halogens is 3. The fourth-order valence-electron chi connectivity index (χ4n) is 3.46. The van der Waals surface area contributed by atoms with Gasteiger partial charge in [-0.15, -0.1) is 0 Å². The molecule has 0 fully saturated rings. The van der Waals surface area contributed by atoms with Gasteiger partial charge in [-0.25, -0.2) is 18.0 Å². The highest BCUT2D eigenvalue weighted by atomic mass is 19.2. The third-order valence-corrected chi connectivity index (χ3v) is 4.88. The summed E-state index contributed by atoms with van der Waals surface area (Å²) in [6.07, 6.45) is 3.22. The molecule has 1 N–H and O–H groups in total. The summed E-state index contributed by atoms with van der Waals surface area (Å²) in [7, 11) is 1.49. The van der Waals surface area contributed by atoms with Crippen molar-refractivity contribution in [2.45, 2.75) is 12.6 Å². The van der Waals surface area contributed by atoms with Gasteiger partial charge in [0.25, 0.3) is 5.91 Å². The SMILES string of the molecule is CN1C(=O)NC(c2cc(F)c(F)cc2F)C2=C1CN(Cc1cccnc1)C2=O. The summed E-state index contributed by atoms with van der Waals surface area (Å²) in [6, 6.07) is 2.84. The van der Waals surface area contributed by atoms with Crippen LogP contribution in [0.2, 0.25) is 0 Å². The summed E-state index contributed by atoms with van der Waals surface area (Å²) in [5, 5.41) is 2.50. The van der Waals surface area contributed by atoms with Crippen LogP contribution in [0, 0.1) is 17.5 Å². The van der Waals surface area contributed by atoms with Gasteiger partial charge in [0.2, 0.25) is 0 Å². The zero-order chi connectivity index (χ0) is 20.0. The van der Waals surface area contributed by atoms with Crippen molar-refractivity contribution in [2.24, 2.45) is 0 Å². The van der Waals surface area contributed by atoms with Crippen LogP contribution in [0.25, 0.3) is 0 Å². The van der Waals surface area contributed by atoms with Gasteiger partial charge < -0.3 is 10.2 Å². The number of pyridine rings is 1. The second-order valence-electron chi connectivity index (χ2n) is 6.61. The minimum atomic E-state index is -1.34. The number of nitrogens with one attached hydrogen (secondary N) is 1. The molecule has 0 bridgehead atoms. The highest BCUT2D eigenvalue weighted by molar-refractivity contribution is 6.01. The van der Waals surface area contributed by atoms with Gasteiger partial charge in [-0.05, 0) is 17.7 Å². The third kappa shape index (κ3) is 2.88. The van der Waals surface area contributed by atoms with Crippen molar-refractivity contribution in [3.8, 4) is 0 Å². The predicted octanol–water partition coefficient (Wildman–Crippen LogP) is 2.49. The maximum absolute atomic E-state index is 14.3. The van der Waals surface area contributed by atoms with Crippen LogP contribution in [0.4, 0.5) is 18.0 Å². The molecule has 0 saturated heterocycles. The van der Waals surface area contributed by atoms with Crippen molar-refractivity contribution in [3.05, 3.63) is 76.5 Å². The highest BCUT2D eigenvalue weighted by Crippen LogP contribution is 2.37. The summed E-state index contributed by atoms with van der Waals surface area (Å²) in [5.74, 6) is -4.06. The van der Waals surface area contributed by atoms with Gasteiger partial charge >= 0.3 is 6.03 Å². The average Bonchev–Trinajstić information content (AvgIpc) is 2.99. The van der Waals surface area contributed by atoms with Crippen LogP contribution in [0.3, 0.4) is 0 Å². The van der Waals surface area contributed by atoms with E-state index in [9.17, 15) is 22.8 Å². The molecule has 1 aromatic heterocycles. The topological polar surface area (TPSA) is 65.5 Å². The second-order valence-corrected chi connectivity index (χ2v) is 6.61. The molecule has 3 amide bonds. The van der Waals surface area contributed by atoms with E-state index in [1.54, 1.807) is 24.5 Å². The molecule has 0 radical (unpaired) electrons. The lowest BCUT2D eigenvalue weighted by Crippen LogP contribution is -2.45. The molecular weight excluding hydrogens is 373 g/mol. The van der Waals surface area contributed by atoms with Crippen LogP contribution in [-0.4, -0.2) is 40.3 Å². The van der Waals surface area contributed by atoms with Crippen LogP contribution >= 0.6 is 0 Å². The number of likely N-dealkylation sites (N-methyl/N-ethyl adjacent to an activating group) is 1. The van der Waals surface area contributed by atoms with Gasteiger partial charge in [0.05, 0.1) is 23.9 Å². The van der Waals surface area contributed by atoms with E-state index in [2.05, 4.69) is 10.3 Å². The lowest BCUT2D eigenvalue weighted by molar-refractivity contribution is -0.126. The van der Waals surface area contributed by atoms with E-state index in [0.717, 1.165) is 5.56 Å². The molecule has 9 heteroatoms. The molecule has 1 unspecified atom stereocenters. The first-order chi connectivity index (χ1) is 13.4. The zero-order valence-corrected chi connectivity index (χ0v) is 14.7. The van der Waals surface area contributed by atoms with Crippen LogP contribution in [-0.2, 0) is 11.3 Å². The van der Waals surface area contributed by atoms with Crippen molar-refractivity contribution >= 4 is 11.9 Å². The minimum Gasteiger partial charge on any atom is -0.329 e. The molecule has 6 nitrogen and oxygen atoms in total. The first kappa shape index (κ1) is 18.0. The highest BCUT2D eigenvalue weighted by Gasteiger charge is 2.43. The summed E-state index contributed by atoms with van der Waals surface area (Å²) in [6.45, 7) is 0.378. The van der Waals surface area contributed by atoms with Crippen molar-refractivity contribution < 1.29 is 22.8 Å². The smallest absolute Gasteiger partial charge is 0.322 e. The van der Waals surface area contributed by atoms with Gasteiger partial charge in [0.1, 0.15) is 5.82 Å². The fraction of sp³-hybridized carbons (Fsp3) is 0.211. The van der Waals surface area contributed by atoms with Crippen molar-refractivity contribution in [2.75, 3.05) is 13.6 Å². The Kier molecular flexibility index (Phi) is 4.29. The predicted molar refractivity (Wildman–Crippen MR) is 92.0 cm³/mol. The van der Waals surface area contributed by atoms with E-state index in [1.165, 1.54) is 16.8 Å². The number of hydrogen-bond acceptors (Lipinski definition) is 3. The fourth-order valence-corrected chi connectivity index (χ4v) is 3.46. The molecule has 2 aliphatic rings. The Balaban J connectivity index is 1.73. The Morgan fingerprint density at radius 3 is 2.64 bits per heavy atom. The summed E-state index contributed by atoms with van der Waals surface area (Å²) >= 11 is 0. The van der Waals surface area contributed by atoms with Crippen LogP contribution in [0.1, 0.15) is 17.2 Å². The quantitative estimate of drug-likeness (QED) is 0.822. The van der Waals surface area contributed by atoms with E-state index in [0.29, 0.717) is 17.8 Å². The number of rotatable bonds is 3. The number of benzene rings is 1. The molecule has 2 aromatic rings. The molecule has 2 aliphatic heterocycles. The van der Waals surface area contributed by atoms with E-state index in [-0.39, 0.29) is 24.2 Å². The molecule has 3 heterocycles. The van der Waals surface area contributed by atoms with E-state index in [1.807, 2.05) is 0 Å². The summed E-state index contributed by atoms with van der Waals surface area (Å²) in [5.41, 5.74) is 1.01. The van der Waals surface area contributed by atoms with E-state index in [4.69, 9.17) is 0 Å². The minimum absolute atomic E-state index is 0.134. The van der Waals surface area contributed by atoms with Crippen molar-refractivity contribution in [1.29, 1.82) is 0 Å². The van der Waals surface area contributed by atoms with Gasteiger partial charge in [0.15, 0.2) is 11.6 Å². The number of nitrogens with zero attached hydrogens (tertiary/aromatic N) is 3. The van der Waals surface area contributed by atoms with Gasteiger partial charge in [0, 0.05) is 37.6 Å². The molecule has 0 saturated carbocycles. The first-order valence-corrected chi connectivity index (χ1v) is 8.46. The molecule has 4 rings (SSSR count). The Bertz CT molecular complexity index is 1010. The standard InChI is InChI=1S/C19H15F3N4O2/c1-25-15-9-26(8-10-3-2-4-23-7-10)18(27)16(15)17(24-19(25)28)11-5-13(21)14(22)6-12(11)20/h2-7,17H,8-9H2,1H3,(H,24,28). The van der Waals surface area contributed by atoms with Crippen LogP contribution in [0.15, 0.2) is 47.9 Å². The van der Waals surface area contributed by atoms with Crippen LogP contribution in [0.5, 0.6) is 0 Å². The zero-order valence-electron chi connectivity index (χ0n) is 14.7. The maximum Gasteiger partial charge on any atom is 0.322 e. The Morgan fingerprint density at radius 1 is 1.18 bits per heavy atom. The van der Waals surface area contributed by atoms with Crippen LogP contribution < -0.4 is 5.32 Å². The molecule has 28 heavy (non-hydrogen) atoms. The van der Waals surface area contributed by atoms with Gasteiger partial charge in [-0.1, -0.05) is 6.07 Å². The van der Waals surface area contributed by atoms with Crippen molar-refractivity contribution in [1.82, 2.24) is 20.1 Å². The van der Waals surface area contributed by atoms with Crippen molar-refractivity contribution in [3.63, 3.8) is 0 Å². The summed E-state index contributed by atoms with van der Waals surface area (Å²) in [4.78, 5) is 32.1. The lowest BCUT2D eigenvalue weighted by atomic mass is 9.95. The number of carbonyl (C=O) groups is 2. The monoisotopic (exact) mass is 388 g/mol. The lowest BCUT2D eigenvalue weighted by Gasteiger charge is -2.31. The number of hydrogen-bond donors (Lipinski definition) is 1. The molecule has 1 atom stereocenters. The Hall–Kier alpha value is -3.36. The number of aromatic nitrogens is 1. The van der Waals surface area contributed by atoms with Gasteiger partial charge in [-0.3, -0.25) is 14.7 Å². The second kappa shape index (κ2) is 6.66. The van der Waals surface area contributed by atoms with E-state index >= 15 is 0 Å².